The highest BCUT2D eigenvalue weighted by Gasteiger charge is 2.70. The Hall–Kier alpha value is -6.78. The van der Waals surface area contributed by atoms with E-state index in [0.29, 0.717) is 0 Å². The molecule has 0 radical (unpaired) electrons. The number of fused-ring (bicyclic) bond motifs is 18. The van der Waals surface area contributed by atoms with Gasteiger partial charge in [0.15, 0.2) is 0 Å². The van der Waals surface area contributed by atoms with Crippen LogP contribution in [0.2, 0.25) is 0 Å². The summed E-state index contributed by atoms with van der Waals surface area (Å²) in [5, 5.41) is 7.45. The number of hydrogen-bond acceptors (Lipinski definition) is 3. The number of aromatic nitrogens is 3. The van der Waals surface area contributed by atoms with Gasteiger partial charge >= 0.3 is 0 Å². The molecule has 3 atom stereocenters. The van der Waals surface area contributed by atoms with E-state index in [0.717, 1.165) is 27.6 Å². The van der Waals surface area contributed by atoms with Crippen molar-refractivity contribution in [2.45, 2.75) is 29.1 Å². The van der Waals surface area contributed by atoms with Crippen LogP contribution in [0.15, 0.2) is 144 Å². The minimum atomic E-state index is -0.0709. The summed E-state index contributed by atoms with van der Waals surface area (Å²) in [7, 11) is 0. The van der Waals surface area contributed by atoms with E-state index >= 15 is 0 Å². The van der Waals surface area contributed by atoms with Crippen LogP contribution in [0, 0.1) is 0 Å². The first kappa shape index (κ1) is 26.9. The van der Waals surface area contributed by atoms with E-state index in [1.165, 1.54) is 99.5 Å². The average molecular weight is 698 g/mol. The highest BCUT2D eigenvalue weighted by atomic mass is 16.3. The maximum atomic E-state index is 7.01. The molecule has 2 bridgehead atoms. The van der Waals surface area contributed by atoms with E-state index in [1.54, 1.807) is 0 Å². The molecule has 17 rings (SSSR count). The van der Waals surface area contributed by atoms with Crippen LogP contribution in [0.25, 0.3) is 60.0 Å². The monoisotopic (exact) mass is 697 g/mol. The van der Waals surface area contributed by atoms with E-state index in [1.807, 2.05) is 0 Å². The third-order valence-corrected chi connectivity index (χ3v) is 14.8. The maximum absolute atomic E-state index is 7.01. The highest BCUT2D eigenvalue weighted by molar-refractivity contribution is 6.34. The molecule has 3 unspecified atom stereocenters. The largest absolute Gasteiger partial charge is 0.455 e. The number of benzene rings is 6. The van der Waals surface area contributed by atoms with Crippen molar-refractivity contribution in [3.8, 4) is 0 Å². The number of para-hydroxylation sites is 1. The first-order chi connectivity index (χ1) is 27.3. The Bertz CT molecular complexity index is 3610. The van der Waals surface area contributed by atoms with Crippen molar-refractivity contribution in [1.82, 2.24) is 14.4 Å². The summed E-state index contributed by atoms with van der Waals surface area (Å²) in [6.07, 6.45) is 4.35. The van der Waals surface area contributed by atoms with Gasteiger partial charge in [0.1, 0.15) is 11.2 Å². The van der Waals surface area contributed by atoms with Gasteiger partial charge in [-0.05, 0) is 67.8 Å². The number of hydrogen-bond donors (Lipinski definition) is 0. The molecule has 252 valence electrons. The molecule has 6 aliphatic carbocycles. The second kappa shape index (κ2) is 8.46. The Morgan fingerprint density at radius 2 is 1.07 bits per heavy atom. The Morgan fingerprint density at radius 1 is 0.491 bits per heavy atom. The number of nitrogens with zero attached hydrogens (tertiary/aromatic N) is 3. The van der Waals surface area contributed by atoms with Crippen LogP contribution < -0.4 is 0 Å². The molecule has 6 aromatic carbocycles. The lowest BCUT2D eigenvalue weighted by molar-refractivity contribution is 0.331. The Kier molecular flexibility index (Phi) is 4.14. The van der Waals surface area contributed by atoms with Gasteiger partial charge in [0.25, 0.3) is 0 Å². The molecule has 0 N–H and O–H groups in total. The molecule has 0 amide bonds. The third kappa shape index (κ3) is 2.56. The zero-order chi connectivity index (χ0) is 35.1. The predicted molar refractivity (Wildman–Crippen MR) is 216 cm³/mol. The zero-order valence-electron chi connectivity index (χ0n) is 29.3. The van der Waals surface area contributed by atoms with Crippen molar-refractivity contribution >= 4 is 60.0 Å². The van der Waals surface area contributed by atoms with Crippen molar-refractivity contribution in [3.05, 3.63) is 207 Å². The van der Waals surface area contributed by atoms with E-state index < -0.39 is 0 Å². The van der Waals surface area contributed by atoms with Gasteiger partial charge in [0, 0.05) is 50.1 Å². The number of rotatable bonds is 0. The quantitative estimate of drug-likeness (QED) is 0.158. The Morgan fingerprint density at radius 3 is 1.80 bits per heavy atom. The lowest BCUT2D eigenvalue weighted by Gasteiger charge is -2.58. The van der Waals surface area contributed by atoms with Crippen molar-refractivity contribution in [2.75, 3.05) is 0 Å². The summed E-state index contributed by atoms with van der Waals surface area (Å²) in [6, 6.07) is 47.5. The standard InChI is InChI=1S/C51H27N3O/c1-3-14-27-25(12-1)38-26-13-2-4-15-28(26)39(27)47-42(38)40-32-21-31-24-11-7-10-20-37(24)55-50(31)44-41-36(54(49(32)44)35(40)22-52-47)23-53-48-43(41)45-29-16-5-8-18-33(29)51(45)34-19-9-6-17-30(34)46(48)51/h1-23,38-39,45-46H. The van der Waals surface area contributed by atoms with Crippen molar-refractivity contribution in [3.63, 3.8) is 0 Å². The lowest BCUT2D eigenvalue weighted by atomic mass is 9.43. The SMILES string of the molecule is c1ccc2c(c1)C1c3ccccc3C2c2c1ncc1c2c2cc3c4ccccc4oc3c3c4c5c(ncc4n1c23)C1c2ccccc2C12c1ccccc1C52. The fourth-order valence-corrected chi connectivity index (χ4v) is 13.1. The first-order valence-corrected chi connectivity index (χ1v) is 19.5. The van der Waals surface area contributed by atoms with Crippen LogP contribution >= 0.6 is 0 Å². The summed E-state index contributed by atoms with van der Waals surface area (Å²) in [5.41, 5.74) is 21.9. The molecular weight excluding hydrogens is 671 g/mol. The molecule has 55 heavy (non-hydrogen) atoms. The molecule has 0 saturated carbocycles. The fraction of sp³-hybridized carbons (Fsp3) is 0.0980. The molecule has 4 heteroatoms. The molecule has 5 aromatic heterocycles. The second-order valence-corrected chi connectivity index (χ2v) is 16.6. The summed E-state index contributed by atoms with van der Waals surface area (Å²) in [6.45, 7) is 0. The van der Waals surface area contributed by atoms with Crippen LogP contribution in [0.3, 0.4) is 0 Å². The topological polar surface area (TPSA) is 43.3 Å². The van der Waals surface area contributed by atoms with Crippen molar-refractivity contribution < 1.29 is 4.42 Å². The van der Waals surface area contributed by atoms with E-state index in [2.05, 4.69) is 144 Å². The molecule has 0 saturated heterocycles. The Labute approximate surface area is 313 Å². The summed E-state index contributed by atoms with van der Waals surface area (Å²) >= 11 is 0. The summed E-state index contributed by atoms with van der Waals surface area (Å²) in [5.74, 6) is 0.706. The van der Waals surface area contributed by atoms with Gasteiger partial charge in [0.2, 0.25) is 0 Å². The molecule has 4 nitrogen and oxygen atoms in total. The molecule has 0 fully saturated rings. The minimum absolute atomic E-state index is 0.0709. The van der Waals surface area contributed by atoms with Crippen LogP contribution in [0.4, 0.5) is 0 Å². The first-order valence-electron chi connectivity index (χ1n) is 19.5. The van der Waals surface area contributed by atoms with Crippen LogP contribution in [0.1, 0.15) is 90.7 Å². The summed E-state index contributed by atoms with van der Waals surface area (Å²) in [4.78, 5) is 11.0. The van der Waals surface area contributed by atoms with Crippen LogP contribution in [-0.2, 0) is 5.41 Å². The summed E-state index contributed by atoms with van der Waals surface area (Å²) < 4.78 is 9.52. The van der Waals surface area contributed by atoms with Crippen molar-refractivity contribution in [1.29, 1.82) is 0 Å². The van der Waals surface area contributed by atoms with E-state index in [4.69, 9.17) is 14.4 Å². The fourth-order valence-electron chi connectivity index (χ4n) is 13.1. The highest BCUT2D eigenvalue weighted by Crippen LogP contribution is 2.77. The predicted octanol–water partition coefficient (Wildman–Crippen LogP) is 11.4. The van der Waals surface area contributed by atoms with E-state index in [-0.39, 0.29) is 29.1 Å². The molecule has 5 heterocycles. The smallest absolute Gasteiger partial charge is 0.145 e. The molecule has 11 aromatic rings. The lowest BCUT2D eigenvalue weighted by Crippen LogP contribution is -2.52. The second-order valence-electron chi connectivity index (χ2n) is 16.6. The van der Waals surface area contributed by atoms with Crippen molar-refractivity contribution in [2.24, 2.45) is 0 Å². The molecule has 6 aliphatic rings. The number of pyridine rings is 2. The van der Waals surface area contributed by atoms with Gasteiger partial charge in [-0.25, -0.2) is 0 Å². The maximum Gasteiger partial charge on any atom is 0.145 e. The minimum Gasteiger partial charge on any atom is -0.455 e. The van der Waals surface area contributed by atoms with Crippen LogP contribution in [0.5, 0.6) is 0 Å². The zero-order valence-corrected chi connectivity index (χ0v) is 29.3. The number of furan rings is 1. The van der Waals surface area contributed by atoms with Gasteiger partial charge in [-0.3, -0.25) is 9.97 Å². The Balaban J connectivity index is 1.11. The molecule has 0 aliphatic heterocycles. The van der Waals surface area contributed by atoms with Gasteiger partial charge in [-0.15, -0.1) is 0 Å². The molecular formula is C51H27N3O. The van der Waals surface area contributed by atoms with E-state index in [9.17, 15) is 0 Å². The molecule has 1 spiro atoms. The van der Waals surface area contributed by atoms with Gasteiger partial charge in [-0.2, -0.15) is 0 Å². The van der Waals surface area contributed by atoms with Gasteiger partial charge in [-0.1, -0.05) is 115 Å². The van der Waals surface area contributed by atoms with Crippen LogP contribution in [-0.4, -0.2) is 14.4 Å². The average Bonchev–Trinajstić information content (AvgIpc) is 3.93. The van der Waals surface area contributed by atoms with Gasteiger partial charge in [0.05, 0.1) is 51.6 Å². The normalized spacial score (nSPS) is 23.0. The third-order valence-electron chi connectivity index (χ3n) is 14.8. The van der Waals surface area contributed by atoms with Gasteiger partial charge < -0.3 is 8.82 Å².